The first-order valence-electron chi connectivity index (χ1n) is 5.72. The standard InChI is InChI=1S/C13H22O5/c1-7-12(14)17-10(3)9-15-11(4)18-13(5,6)16-8-2/h7-8,10-11H,1-2,9H2,3-6H3. The zero-order valence-corrected chi connectivity index (χ0v) is 11.5. The number of rotatable bonds is 9. The fourth-order valence-electron chi connectivity index (χ4n) is 1.21. The second-order valence-electron chi connectivity index (χ2n) is 4.15. The van der Waals surface area contributed by atoms with E-state index in [1.165, 1.54) is 6.26 Å². The van der Waals surface area contributed by atoms with Gasteiger partial charge in [0.25, 0.3) is 0 Å². The molecular formula is C13H22O5. The van der Waals surface area contributed by atoms with Gasteiger partial charge in [0, 0.05) is 19.9 Å². The summed E-state index contributed by atoms with van der Waals surface area (Å²) >= 11 is 0. The molecule has 0 aliphatic heterocycles. The van der Waals surface area contributed by atoms with Crippen molar-refractivity contribution in [1.29, 1.82) is 0 Å². The molecule has 0 aliphatic carbocycles. The monoisotopic (exact) mass is 258 g/mol. The number of carbonyl (C=O) groups is 1. The maximum Gasteiger partial charge on any atom is 0.330 e. The molecule has 0 saturated heterocycles. The van der Waals surface area contributed by atoms with E-state index < -0.39 is 18.0 Å². The molecule has 0 aromatic rings. The topological polar surface area (TPSA) is 54.0 Å². The van der Waals surface area contributed by atoms with Crippen molar-refractivity contribution in [3.63, 3.8) is 0 Å². The summed E-state index contributed by atoms with van der Waals surface area (Å²) in [6.45, 7) is 13.9. The van der Waals surface area contributed by atoms with E-state index >= 15 is 0 Å². The summed E-state index contributed by atoms with van der Waals surface area (Å²) < 4.78 is 21.0. The Morgan fingerprint density at radius 2 is 1.94 bits per heavy atom. The third kappa shape index (κ3) is 7.86. The van der Waals surface area contributed by atoms with E-state index in [-0.39, 0.29) is 12.7 Å². The highest BCUT2D eigenvalue weighted by Crippen LogP contribution is 2.15. The lowest BCUT2D eigenvalue weighted by Crippen LogP contribution is -2.33. The Morgan fingerprint density at radius 1 is 1.33 bits per heavy atom. The smallest absolute Gasteiger partial charge is 0.330 e. The van der Waals surface area contributed by atoms with Crippen LogP contribution in [0.25, 0.3) is 0 Å². The van der Waals surface area contributed by atoms with Gasteiger partial charge < -0.3 is 18.9 Å². The highest BCUT2D eigenvalue weighted by molar-refractivity contribution is 5.81. The maximum absolute atomic E-state index is 10.9. The summed E-state index contributed by atoms with van der Waals surface area (Å²) in [5, 5.41) is 0. The van der Waals surface area contributed by atoms with Crippen LogP contribution in [-0.2, 0) is 23.7 Å². The van der Waals surface area contributed by atoms with Crippen molar-refractivity contribution in [3.8, 4) is 0 Å². The van der Waals surface area contributed by atoms with E-state index in [1.807, 2.05) is 0 Å². The van der Waals surface area contributed by atoms with Crippen LogP contribution in [0.2, 0.25) is 0 Å². The molecule has 5 nitrogen and oxygen atoms in total. The summed E-state index contributed by atoms with van der Waals surface area (Å²) in [5.74, 6) is -1.29. The predicted octanol–water partition coefficient (Wildman–Crippen LogP) is 2.38. The zero-order chi connectivity index (χ0) is 14.2. The Morgan fingerprint density at radius 3 is 2.44 bits per heavy atom. The van der Waals surface area contributed by atoms with Crippen LogP contribution < -0.4 is 0 Å². The second-order valence-corrected chi connectivity index (χ2v) is 4.15. The number of esters is 1. The van der Waals surface area contributed by atoms with Crippen molar-refractivity contribution in [1.82, 2.24) is 0 Å². The Labute approximate surface area is 108 Å². The fraction of sp³-hybridized carbons (Fsp3) is 0.615. The van der Waals surface area contributed by atoms with Crippen LogP contribution in [0.1, 0.15) is 27.7 Å². The molecule has 0 fully saturated rings. The van der Waals surface area contributed by atoms with Crippen LogP contribution in [0.5, 0.6) is 0 Å². The molecule has 0 heterocycles. The molecule has 0 aromatic carbocycles. The largest absolute Gasteiger partial charge is 0.471 e. The lowest BCUT2D eigenvalue weighted by molar-refractivity contribution is -0.274. The van der Waals surface area contributed by atoms with Gasteiger partial charge in [0.1, 0.15) is 6.10 Å². The lowest BCUT2D eigenvalue weighted by atomic mass is 10.4. The number of hydrogen-bond acceptors (Lipinski definition) is 5. The van der Waals surface area contributed by atoms with Crippen molar-refractivity contribution >= 4 is 5.97 Å². The van der Waals surface area contributed by atoms with E-state index in [1.54, 1.807) is 27.7 Å². The van der Waals surface area contributed by atoms with Gasteiger partial charge in [0.05, 0.1) is 12.9 Å². The fourth-order valence-corrected chi connectivity index (χ4v) is 1.21. The van der Waals surface area contributed by atoms with Gasteiger partial charge >= 0.3 is 5.97 Å². The van der Waals surface area contributed by atoms with Crippen LogP contribution in [0, 0.1) is 0 Å². The first-order valence-corrected chi connectivity index (χ1v) is 5.72. The van der Waals surface area contributed by atoms with Crippen LogP contribution in [0.15, 0.2) is 25.5 Å². The summed E-state index contributed by atoms with van der Waals surface area (Å²) in [7, 11) is 0. The van der Waals surface area contributed by atoms with Gasteiger partial charge in [0.2, 0.25) is 5.79 Å². The van der Waals surface area contributed by atoms with E-state index in [0.717, 1.165) is 6.08 Å². The van der Waals surface area contributed by atoms with Crippen LogP contribution >= 0.6 is 0 Å². The number of hydrogen-bond donors (Lipinski definition) is 0. The van der Waals surface area contributed by atoms with E-state index in [2.05, 4.69) is 13.2 Å². The van der Waals surface area contributed by atoms with Gasteiger partial charge in [0.15, 0.2) is 6.29 Å². The van der Waals surface area contributed by atoms with Crippen molar-refractivity contribution in [2.24, 2.45) is 0 Å². The Kier molecular flexibility index (Phi) is 7.31. The van der Waals surface area contributed by atoms with Crippen molar-refractivity contribution in [2.45, 2.75) is 45.9 Å². The van der Waals surface area contributed by atoms with Crippen molar-refractivity contribution in [3.05, 3.63) is 25.5 Å². The first-order chi connectivity index (χ1) is 8.30. The summed E-state index contributed by atoms with van der Waals surface area (Å²) in [4.78, 5) is 10.9. The number of ether oxygens (including phenoxy) is 4. The molecular weight excluding hydrogens is 236 g/mol. The number of carbonyl (C=O) groups excluding carboxylic acids is 1. The van der Waals surface area contributed by atoms with Gasteiger partial charge in [-0.05, 0) is 13.8 Å². The van der Waals surface area contributed by atoms with Gasteiger partial charge in [-0.3, -0.25) is 0 Å². The molecule has 0 aliphatic rings. The van der Waals surface area contributed by atoms with E-state index in [4.69, 9.17) is 18.9 Å². The Hall–Kier alpha value is -1.33. The molecule has 2 unspecified atom stereocenters. The molecule has 0 radical (unpaired) electrons. The van der Waals surface area contributed by atoms with Gasteiger partial charge in [-0.15, -0.1) is 0 Å². The van der Waals surface area contributed by atoms with E-state index in [9.17, 15) is 4.79 Å². The SMILES string of the molecule is C=COC(C)(C)OC(C)OCC(C)OC(=O)C=C. The normalized spacial score (nSPS) is 14.4. The van der Waals surface area contributed by atoms with Crippen LogP contribution in [-0.4, -0.2) is 30.8 Å². The Bertz CT molecular complexity index is 285. The van der Waals surface area contributed by atoms with Gasteiger partial charge in [-0.2, -0.15) is 0 Å². The summed E-state index contributed by atoms with van der Waals surface area (Å²) in [6, 6.07) is 0. The van der Waals surface area contributed by atoms with E-state index in [0.29, 0.717) is 0 Å². The molecule has 18 heavy (non-hydrogen) atoms. The van der Waals surface area contributed by atoms with Crippen molar-refractivity contribution in [2.75, 3.05) is 6.61 Å². The minimum Gasteiger partial charge on any atom is -0.471 e. The first kappa shape index (κ1) is 16.7. The maximum atomic E-state index is 10.9. The molecule has 0 N–H and O–H groups in total. The highest BCUT2D eigenvalue weighted by Gasteiger charge is 2.22. The summed E-state index contributed by atoms with van der Waals surface area (Å²) in [5.41, 5.74) is 0. The average molecular weight is 258 g/mol. The summed E-state index contributed by atoms with van der Waals surface area (Å²) in [6.07, 6.45) is 1.55. The Balaban J connectivity index is 3.95. The molecule has 0 spiro atoms. The van der Waals surface area contributed by atoms with Gasteiger partial charge in [-0.25, -0.2) is 4.79 Å². The quantitative estimate of drug-likeness (QED) is 0.275. The third-order valence-corrected chi connectivity index (χ3v) is 1.87. The molecule has 5 heteroatoms. The minimum absolute atomic E-state index is 0.227. The molecule has 0 amide bonds. The molecule has 0 saturated carbocycles. The highest BCUT2D eigenvalue weighted by atomic mass is 16.8. The molecule has 0 rings (SSSR count). The molecule has 104 valence electrons. The second kappa shape index (κ2) is 7.89. The molecule has 2 atom stereocenters. The van der Waals surface area contributed by atoms with Gasteiger partial charge in [-0.1, -0.05) is 13.2 Å². The lowest BCUT2D eigenvalue weighted by Gasteiger charge is -2.28. The van der Waals surface area contributed by atoms with Crippen molar-refractivity contribution < 1.29 is 23.7 Å². The van der Waals surface area contributed by atoms with Crippen LogP contribution in [0.4, 0.5) is 0 Å². The van der Waals surface area contributed by atoms with Crippen LogP contribution in [0.3, 0.4) is 0 Å². The average Bonchev–Trinajstić information content (AvgIpc) is 2.25. The molecule has 0 aromatic heterocycles. The zero-order valence-electron chi connectivity index (χ0n) is 11.5. The predicted molar refractivity (Wildman–Crippen MR) is 67.6 cm³/mol. The third-order valence-electron chi connectivity index (χ3n) is 1.87. The minimum atomic E-state index is -0.817. The molecule has 0 bridgehead atoms.